The number of halogens is 1. The molecule has 0 radical (unpaired) electrons. The highest BCUT2D eigenvalue weighted by Crippen LogP contribution is 2.33. The summed E-state index contributed by atoms with van der Waals surface area (Å²) in [5, 5.41) is 0. The van der Waals surface area contributed by atoms with Crippen molar-refractivity contribution < 1.29 is 9.13 Å². The highest BCUT2D eigenvalue weighted by atomic mass is 19.1. The molecule has 1 aromatic rings. The Bertz CT molecular complexity index is 380. The van der Waals surface area contributed by atoms with Crippen LogP contribution in [0.1, 0.15) is 32.3 Å². The van der Waals surface area contributed by atoms with Gasteiger partial charge in [0.1, 0.15) is 11.6 Å². The second kappa shape index (κ2) is 4.06. The summed E-state index contributed by atoms with van der Waals surface area (Å²) in [6.07, 6.45) is 2.48. The largest absolute Gasteiger partial charge is 0.493 e. The number of benzene rings is 1. The molecule has 2 nitrogen and oxygen atoms in total. The van der Waals surface area contributed by atoms with Gasteiger partial charge in [-0.1, -0.05) is 0 Å². The Morgan fingerprint density at radius 1 is 1.44 bits per heavy atom. The van der Waals surface area contributed by atoms with E-state index in [1.54, 1.807) is 6.07 Å². The molecule has 1 aliphatic rings. The van der Waals surface area contributed by atoms with Gasteiger partial charge in [0.15, 0.2) is 0 Å². The highest BCUT2D eigenvalue weighted by molar-refractivity contribution is 5.38. The summed E-state index contributed by atoms with van der Waals surface area (Å²) in [6.45, 7) is 4.42. The molecule has 1 fully saturated rings. The van der Waals surface area contributed by atoms with Crippen LogP contribution in [-0.4, -0.2) is 6.61 Å². The Morgan fingerprint density at radius 2 is 2.12 bits per heavy atom. The van der Waals surface area contributed by atoms with Crippen molar-refractivity contribution in [1.82, 2.24) is 0 Å². The molecule has 88 valence electrons. The molecule has 0 bridgehead atoms. The van der Waals surface area contributed by atoms with Crippen LogP contribution in [0.3, 0.4) is 0 Å². The molecule has 0 heterocycles. The molecule has 2 N–H and O–H groups in total. The molecule has 0 aliphatic heterocycles. The molecule has 0 unspecified atom stereocenters. The van der Waals surface area contributed by atoms with Crippen molar-refractivity contribution in [3.8, 4) is 5.75 Å². The fraction of sp³-hybridized carbons (Fsp3) is 0.538. The van der Waals surface area contributed by atoms with Crippen LogP contribution in [-0.2, 0) is 5.54 Å². The Labute approximate surface area is 95.6 Å². The van der Waals surface area contributed by atoms with Crippen molar-refractivity contribution in [3.05, 3.63) is 29.6 Å². The monoisotopic (exact) mass is 223 g/mol. The zero-order valence-electron chi connectivity index (χ0n) is 9.79. The highest BCUT2D eigenvalue weighted by Gasteiger charge is 2.24. The topological polar surface area (TPSA) is 35.2 Å². The molecule has 1 aromatic carbocycles. The van der Waals surface area contributed by atoms with Gasteiger partial charge in [-0.25, -0.2) is 4.39 Å². The van der Waals surface area contributed by atoms with Gasteiger partial charge in [0, 0.05) is 11.1 Å². The van der Waals surface area contributed by atoms with Gasteiger partial charge in [0.25, 0.3) is 0 Å². The number of hydrogen-bond acceptors (Lipinski definition) is 2. The summed E-state index contributed by atoms with van der Waals surface area (Å²) in [5.74, 6) is 1.12. The van der Waals surface area contributed by atoms with Gasteiger partial charge in [-0.15, -0.1) is 0 Å². The Kier molecular flexibility index (Phi) is 2.89. The quantitative estimate of drug-likeness (QED) is 0.851. The zero-order valence-corrected chi connectivity index (χ0v) is 9.79. The van der Waals surface area contributed by atoms with Crippen molar-refractivity contribution in [2.45, 2.75) is 32.2 Å². The molecule has 0 amide bonds. The van der Waals surface area contributed by atoms with E-state index in [1.807, 2.05) is 13.8 Å². The molecule has 1 aliphatic carbocycles. The van der Waals surface area contributed by atoms with E-state index in [-0.39, 0.29) is 5.82 Å². The minimum atomic E-state index is -0.582. The first-order valence-electron chi connectivity index (χ1n) is 5.68. The van der Waals surface area contributed by atoms with Crippen molar-refractivity contribution in [2.75, 3.05) is 6.61 Å². The molecule has 0 aromatic heterocycles. The lowest BCUT2D eigenvalue weighted by atomic mass is 9.94. The summed E-state index contributed by atoms with van der Waals surface area (Å²) in [4.78, 5) is 0. The van der Waals surface area contributed by atoms with E-state index >= 15 is 0 Å². The first kappa shape index (κ1) is 11.4. The standard InChI is InChI=1S/C13H18FNO/c1-13(2,15)11-7-10(14)5-6-12(11)16-8-9-3-4-9/h5-7,9H,3-4,8,15H2,1-2H3. The molecule has 16 heavy (non-hydrogen) atoms. The van der Waals surface area contributed by atoms with Crippen LogP contribution < -0.4 is 10.5 Å². The van der Waals surface area contributed by atoms with Gasteiger partial charge in [0.05, 0.1) is 6.61 Å². The zero-order chi connectivity index (χ0) is 11.8. The number of nitrogens with two attached hydrogens (primary N) is 1. The average Bonchev–Trinajstić information content (AvgIpc) is 2.98. The third-order valence-corrected chi connectivity index (χ3v) is 2.81. The van der Waals surface area contributed by atoms with E-state index in [1.165, 1.54) is 25.0 Å². The second-order valence-electron chi connectivity index (χ2n) is 5.12. The predicted molar refractivity (Wildman–Crippen MR) is 61.8 cm³/mol. The molecule has 0 atom stereocenters. The van der Waals surface area contributed by atoms with E-state index in [4.69, 9.17) is 10.5 Å². The van der Waals surface area contributed by atoms with E-state index < -0.39 is 5.54 Å². The Balaban J connectivity index is 2.20. The van der Waals surface area contributed by atoms with E-state index in [9.17, 15) is 4.39 Å². The van der Waals surface area contributed by atoms with Gasteiger partial charge in [-0.2, -0.15) is 0 Å². The van der Waals surface area contributed by atoms with E-state index in [0.29, 0.717) is 18.3 Å². The predicted octanol–water partition coefficient (Wildman–Crippen LogP) is 2.81. The lowest BCUT2D eigenvalue weighted by molar-refractivity contribution is 0.290. The van der Waals surface area contributed by atoms with Gasteiger partial charge in [-0.05, 0) is 50.8 Å². The smallest absolute Gasteiger partial charge is 0.124 e. The third-order valence-electron chi connectivity index (χ3n) is 2.81. The van der Waals surface area contributed by atoms with Gasteiger partial charge in [-0.3, -0.25) is 0 Å². The maximum absolute atomic E-state index is 13.2. The molecule has 2 rings (SSSR count). The summed E-state index contributed by atoms with van der Waals surface area (Å²) in [6, 6.07) is 4.54. The van der Waals surface area contributed by atoms with Crippen LogP contribution in [0.25, 0.3) is 0 Å². The van der Waals surface area contributed by atoms with Gasteiger partial charge < -0.3 is 10.5 Å². The van der Waals surface area contributed by atoms with Crippen LogP contribution in [0.4, 0.5) is 4.39 Å². The van der Waals surface area contributed by atoms with Crippen molar-refractivity contribution in [1.29, 1.82) is 0 Å². The lowest BCUT2D eigenvalue weighted by Crippen LogP contribution is -2.29. The first-order valence-corrected chi connectivity index (χ1v) is 5.68. The summed E-state index contributed by atoms with van der Waals surface area (Å²) in [7, 11) is 0. The minimum absolute atomic E-state index is 0.271. The van der Waals surface area contributed by atoms with Crippen molar-refractivity contribution in [2.24, 2.45) is 11.7 Å². The third kappa shape index (κ3) is 2.73. The van der Waals surface area contributed by atoms with E-state index in [2.05, 4.69) is 0 Å². The van der Waals surface area contributed by atoms with Gasteiger partial charge in [0.2, 0.25) is 0 Å². The molecule has 0 spiro atoms. The molecule has 3 heteroatoms. The number of hydrogen-bond donors (Lipinski definition) is 1. The van der Waals surface area contributed by atoms with E-state index in [0.717, 1.165) is 5.56 Å². The minimum Gasteiger partial charge on any atom is -0.493 e. The van der Waals surface area contributed by atoms with Crippen molar-refractivity contribution in [3.63, 3.8) is 0 Å². The SMILES string of the molecule is CC(C)(N)c1cc(F)ccc1OCC1CC1. The Hall–Kier alpha value is -1.09. The maximum atomic E-state index is 13.2. The lowest BCUT2D eigenvalue weighted by Gasteiger charge is -2.22. The second-order valence-corrected chi connectivity index (χ2v) is 5.12. The number of rotatable bonds is 4. The average molecular weight is 223 g/mol. The van der Waals surface area contributed by atoms with Crippen LogP contribution in [0.15, 0.2) is 18.2 Å². The number of ether oxygens (including phenoxy) is 1. The van der Waals surface area contributed by atoms with Crippen LogP contribution in [0.5, 0.6) is 5.75 Å². The fourth-order valence-electron chi connectivity index (χ4n) is 1.62. The molecule has 1 saturated carbocycles. The van der Waals surface area contributed by atoms with Crippen LogP contribution in [0.2, 0.25) is 0 Å². The van der Waals surface area contributed by atoms with Gasteiger partial charge >= 0.3 is 0 Å². The first-order chi connectivity index (χ1) is 7.47. The summed E-state index contributed by atoms with van der Waals surface area (Å²) >= 11 is 0. The normalized spacial score (nSPS) is 16.2. The summed E-state index contributed by atoms with van der Waals surface area (Å²) < 4.78 is 18.9. The van der Waals surface area contributed by atoms with Crippen molar-refractivity contribution >= 4 is 0 Å². The Morgan fingerprint density at radius 3 is 2.69 bits per heavy atom. The summed E-state index contributed by atoms with van der Waals surface area (Å²) in [5.41, 5.74) is 6.15. The maximum Gasteiger partial charge on any atom is 0.124 e. The molecule has 0 saturated heterocycles. The fourth-order valence-corrected chi connectivity index (χ4v) is 1.62. The van der Waals surface area contributed by atoms with Crippen LogP contribution in [0, 0.1) is 11.7 Å². The molecular formula is C13H18FNO. The molecular weight excluding hydrogens is 205 g/mol. The van der Waals surface area contributed by atoms with Crippen LogP contribution >= 0.6 is 0 Å².